The van der Waals surface area contributed by atoms with Gasteiger partial charge in [0.25, 0.3) is 0 Å². The number of rotatable bonds is 8. The van der Waals surface area contributed by atoms with E-state index in [2.05, 4.69) is 221 Å². The molecule has 58 heavy (non-hydrogen) atoms. The fourth-order valence-corrected chi connectivity index (χ4v) is 8.38. The summed E-state index contributed by atoms with van der Waals surface area (Å²) < 4.78 is 9.16. The number of ether oxygens (including phenoxy) is 1. The quantitative estimate of drug-likeness (QED) is 0.155. The number of hydrogen-bond donors (Lipinski definition) is 0. The lowest BCUT2D eigenvalue weighted by Crippen LogP contribution is -2.27. The van der Waals surface area contributed by atoms with E-state index < -0.39 is 0 Å². The van der Waals surface area contributed by atoms with Crippen LogP contribution in [0.5, 0.6) is 11.5 Å². The molecular formula is C53H50N4O. The van der Waals surface area contributed by atoms with Crippen LogP contribution in [0.15, 0.2) is 175 Å². The summed E-state index contributed by atoms with van der Waals surface area (Å²) in [6.45, 7) is 16.5. The van der Waals surface area contributed by atoms with Crippen LogP contribution in [0.2, 0.25) is 0 Å². The van der Waals surface area contributed by atoms with Gasteiger partial charge in [-0.2, -0.15) is 0 Å². The van der Waals surface area contributed by atoms with Gasteiger partial charge in [0.05, 0.1) is 17.7 Å². The molecule has 288 valence electrons. The highest BCUT2D eigenvalue weighted by Crippen LogP contribution is 2.41. The minimum atomic E-state index is -0.135. The van der Waals surface area contributed by atoms with Crippen LogP contribution in [-0.2, 0) is 10.8 Å². The highest BCUT2D eigenvalue weighted by molar-refractivity contribution is 6.09. The minimum Gasteiger partial charge on any atom is -0.457 e. The second-order valence-electron chi connectivity index (χ2n) is 17.1. The molecule has 0 amide bonds. The maximum atomic E-state index is 6.89. The van der Waals surface area contributed by atoms with Gasteiger partial charge in [0, 0.05) is 57.3 Å². The molecule has 8 aromatic rings. The van der Waals surface area contributed by atoms with Gasteiger partial charge in [-0.3, -0.25) is 4.57 Å². The molecule has 9 rings (SSSR count). The van der Waals surface area contributed by atoms with E-state index in [0.29, 0.717) is 6.67 Å². The van der Waals surface area contributed by atoms with Gasteiger partial charge in [0.15, 0.2) is 0 Å². The highest BCUT2D eigenvalue weighted by atomic mass is 16.5. The maximum Gasteiger partial charge on any atom is 0.137 e. The fourth-order valence-electron chi connectivity index (χ4n) is 8.38. The molecule has 6 aromatic carbocycles. The van der Waals surface area contributed by atoms with Crippen molar-refractivity contribution in [2.75, 3.05) is 16.5 Å². The molecule has 5 heteroatoms. The van der Waals surface area contributed by atoms with Gasteiger partial charge in [0.1, 0.15) is 17.3 Å². The zero-order chi connectivity index (χ0) is 40.2. The monoisotopic (exact) mass is 758 g/mol. The Bertz CT molecular complexity index is 2830. The van der Waals surface area contributed by atoms with E-state index in [1.165, 1.54) is 39.2 Å². The van der Waals surface area contributed by atoms with Gasteiger partial charge in [-0.25, -0.2) is 4.98 Å². The Morgan fingerprint density at radius 3 is 1.93 bits per heavy atom. The van der Waals surface area contributed by atoms with Gasteiger partial charge >= 0.3 is 0 Å². The van der Waals surface area contributed by atoms with Crippen LogP contribution in [0.25, 0.3) is 38.8 Å². The Labute approximate surface area is 342 Å². The number of hydrogen-bond acceptors (Lipinski definition) is 4. The average Bonchev–Trinajstić information content (AvgIpc) is 3.73. The van der Waals surface area contributed by atoms with Crippen molar-refractivity contribution in [3.05, 3.63) is 192 Å². The van der Waals surface area contributed by atoms with Crippen molar-refractivity contribution in [1.29, 1.82) is 0 Å². The number of anilines is 2. The zero-order valence-corrected chi connectivity index (χ0v) is 34.5. The van der Waals surface area contributed by atoms with Crippen molar-refractivity contribution >= 4 is 33.2 Å². The third-order valence-corrected chi connectivity index (χ3v) is 12.0. The Morgan fingerprint density at radius 2 is 1.17 bits per heavy atom. The largest absolute Gasteiger partial charge is 0.457 e. The fraction of sp³-hybridized carbons (Fsp3) is 0.189. The number of pyridine rings is 1. The van der Waals surface area contributed by atoms with Crippen molar-refractivity contribution < 1.29 is 4.74 Å². The summed E-state index contributed by atoms with van der Waals surface area (Å²) in [5, 5.41) is 2.35. The highest BCUT2D eigenvalue weighted by Gasteiger charge is 2.29. The molecule has 0 unspecified atom stereocenters. The van der Waals surface area contributed by atoms with Gasteiger partial charge in [-0.1, -0.05) is 126 Å². The topological polar surface area (TPSA) is 33.5 Å². The van der Waals surface area contributed by atoms with E-state index in [9.17, 15) is 0 Å². The Kier molecular flexibility index (Phi) is 9.20. The SMILES string of the molecule is CC1=C(C)N(c2cccc(C(C)(C)c3ccccc3)c2)CN1c1cc(Oc2ccc3c4ccccc4n(-c4cc(C(C)(C)C)ccn4)c3c2)cc(-c2ccccc2)c1. The third kappa shape index (κ3) is 6.71. The standard InChI is InChI=1S/C53H50N4O/c1-36-37(2)56(35-55(36)43-22-16-21-42(31-43)53(6,7)40-19-12-9-13-20-40)44-29-39(38-17-10-8-11-18-38)30-46(33-44)58-45-25-26-48-47-23-14-15-24-49(47)57(50(48)34-45)51-32-41(27-28-54-51)52(3,4)5/h8-34H,35H2,1-7H3. The number of aromatic nitrogens is 2. The molecule has 0 radical (unpaired) electrons. The second kappa shape index (κ2) is 14.4. The molecule has 5 nitrogen and oxygen atoms in total. The van der Waals surface area contributed by atoms with Crippen molar-refractivity contribution in [2.24, 2.45) is 0 Å². The van der Waals surface area contributed by atoms with E-state index in [0.717, 1.165) is 50.6 Å². The van der Waals surface area contributed by atoms with Crippen molar-refractivity contribution in [1.82, 2.24) is 9.55 Å². The molecule has 1 aliphatic heterocycles. The van der Waals surface area contributed by atoms with Crippen LogP contribution >= 0.6 is 0 Å². The first-order valence-corrected chi connectivity index (χ1v) is 20.2. The van der Waals surface area contributed by atoms with E-state index in [-0.39, 0.29) is 10.8 Å². The summed E-state index contributed by atoms with van der Waals surface area (Å²) in [6.07, 6.45) is 1.92. The second-order valence-corrected chi connectivity index (χ2v) is 17.1. The summed E-state index contributed by atoms with van der Waals surface area (Å²) >= 11 is 0. The van der Waals surface area contributed by atoms with Crippen molar-refractivity contribution in [3.8, 4) is 28.4 Å². The minimum absolute atomic E-state index is 0.00598. The molecule has 0 saturated carbocycles. The predicted molar refractivity (Wildman–Crippen MR) is 242 cm³/mol. The van der Waals surface area contributed by atoms with Crippen LogP contribution in [-0.4, -0.2) is 16.2 Å². The number of nitrogens with zero attached hydrogens (tertiary/aromatic N) is 4. The Morgan fingerprint density at radius 1 is 0.500 bits per heavy atom. The van der Waals surface area contributed by atoms with Gasteiger partial charge in [-0.05, 0) is 102 Å². The first-order valence-electron chi connectivity index (χ1n) is 20.2. The van der Waals surface area contributed by atoms with Crippen molar-refractivity contribution in [3.63, 3.8) is 0 Å². The molecular weight excluding hydrogens is 709 g/mol. The predicted octanol–water partition coefficient (Wildman–Crippen LogP) is 13.8. The zero-order valence-electron chi connectivity index (χ0n) is 34.5. The Balaban J connectivity index is 1.10. The first-order chi connectivity index (χ1) is 28.0. The first kappa shape index (κ1) is 37.0. The summed E-state index contributed by atoms with van der Waals surface area (Å²) in [7, 11) is 0. The Hall–Kier alpha value is -6.59. The molecule has 3 heterocycles. The summed E-state index contributed by atoms with van der Waals surface area (Å²) in [5.74, 6) is 2.44. The number of allylic oxidation sites excluding steroid dienone is 2. The van der Waals surface area contributed by atoms with Crippen molar-refractivity contribution in [2.45, 2.75) is 59.3 Å². The van der Waals surface area contributed by atoms with Crippen LogP contribution in [0.1, 0.15) is 65.2 Å². The summed E-state index contributed by atoms with van der Waals surface area (Å²) in [6, 6.07) is 56.3. The molecule has 0 bridgehead atoms. The van der Waals surface area contributed by atoms with Gasteiger partial charge < -0.3 is 14.5 Å². The van der Waals surface area contributed by atoms with Gasteiger partial charge in [-0.15, -0.1) is 0 Å². The lowest BCUT2D eigenvalue weighted by Gasteiger charge is -2.29. The lowest BCUT2D eigenvalue weighted by atomic mass is 9.78. The van der Waals surface area contributed by atoms with E-state index in [1.807, 2.05) is 6.20 Å². The lowest BCUT2D eigenvalue weighted by molar-refractivity contribution is 0.483. The van der Waals surface area contributed by atoms with Crippen LogP contribution in [0.4, 0.5) is 11.4 Å². The van der Waals surface area contributed by atoms with E-state index in [4.69, 9.17) is 9.72 Å². The van der Waals surface area contributed by atoms with Crippen LogP contribution < -0.4 is 14.5 Å². The third-order valence-electron chi connectivity index (χ3n) is 12.0. The molecule has 0 aliphatic carbocycles. The van der Waals surface area contributed by atoms with Crippen LogP contribution in [0.3, 0.4) is 0 Å². The summed E-state index contributed by atoms with van der Waals surface area (Å²) in [4.78, 5) is 9.71. The van der Waals surface area contributed by atoms with Gasteiger partial charge in [0.2, 0.25) is 0 Å². The molecule has 2 aromatic heterocycles. The smallest absolute Gasteiger partial charge is 0.137 e. The normalized spacial score (nSPS) is 13.6. The molecule has 0 atom stereocenters. The molecule has 0 spiro atoms. The maximum absolute atomic E-state index is 6.89. The van der Waals surface area contributed by atoms with E-state index in [1.54, 1.807) is 0 Å². The number of fused-ring (bicyclic) bond motifs is 3. The average molecular weight is 759 g/mol. The molecule has 0 fully saturated rings. The number of benzene rings is 6. The molecule has 0 N–H and O–H groups in total. The number of para-hydroxylation sites is 1. The summed E-state index contributed by atoms with van der Waals surface area (Å²) in [5.41, 5.74) is 12.8. The molecule has 0 saturated heterocycles. The van der Waals surface area contributed by atoms with E-state index >= 15 is 0 Å². The van der Waals surface area contributed by atoms with Crippen LogP contribution in [0, 0.1) is 0 Å². The molecule has 1 aliphatic rings.